The van der Waals surface area contributed by atoms with Gasteiger partial charge < -0.3 is 14.7 Å². The Bertz CT molecular complexity index is 618. The molecule has 0 radical (unpaired) electrons. The first-order valence-electron chi connectivity index (χ1n) is 7.52. The van der Waals surface area contributed by atoms with Gasteiger partial charge in [0.05, 0.1) is 12.0 Å². The van der Waals surface area contributed by atoms with Crippen molar-refractivity contribution in [3.63, 3.8) is 0 Å². The zero-order chi connectivity index (χ0) is 17.3. The lowest BCUT2D eigenvalue weighted by Gasteiger charge is -2.42. The highest BCUT2D eigenvalue weighted by Crippen LogP contribution is 2.38. The molecule has 0 aliphatic carbocycles. The summed E-state index contributed by atoms with van der Waals surface area (Å²) >= 11 is 5.88. The fraction of sp³-hybridized carbons (Fsp3) is 0.529. The van der Waals surface area contributed by atoms with E-state index in [1.54, 1.807) is 45.0 Å². The smallest absolute Gasteiger partial charge is 0.410 e. The first kappa shape index (κ1) is 17.6. The van der Waals surface area contributed by atoms with Crippen molar-refractivity contribution in [3.05, 3.63) is 34.9 Å². The standard InChI is InChI=1S/C17H21ClN2O3/c1-16(2,3)23-15(21)20-9-8-17(22,13(10-19)11-20)12-4-6-14(18)7-5-12/h4-7,13,22H,8-9,11H2,1-3H3. The van der Waals surface area contributed by atoms with Gasteiger partial charge >= 0.3 is 6.09 Å². The number of nitriles is 1. The van der Waals surface area contributed by atoms with Crippen LogP contribution in [0.2, 0.25) is 5.02 Å². The number of hydrogen-bond donors (Lipinski definition) is 1. The molecule has 1 aliphatic heterocycles. The third-order valence-electron chi connectivity index (χ3n) is 3.89. The van der Waals surface area contributed by atoms with Gasteiger partial charge in [0.1, 0.15) is 11.2 Å². The molecule has 1 aromatic rings. The Balaban J connectivity index is 2.17. The molecule has 1 fully saturated rings. The molecule has 1 heterocycles. The molecule has 1 aliphatic rings. The van der Waals surface area contributed by atoms with E-state index in [0.29, 0.717) is 17.1 Å². The van der Waals surface area contributed by atoms with E-state index in [9.17, 15) is 15.2 Å². The number of hydrogen-bond acceptors (Lipinski definition) is 4. The van der Waals surface area contributed by atoms with Gasteiger partial charge in [-0.2, -0.15) is 5.26 Å². The average molecular weight is 337 g/mol. The van der Waals surface area contributed by atoms with Gasteiger partial charge in [0, 0.05) is 18.1 Å². The van der Waals surface area contributed by atoms with E-state index >= 15 is 0 Å². The number of rotatable bonds is 1. The van der Waals surface area contributed by atoms with Crippen molar-refractivity contribution >= 4 is 17.7 Å². The summed E-state index contributed by atoms with van der Waals surface area (Å²) in [5.74, 6) is -0.732. The molecule has 1 amide bonds. The van der Waals surface area contributed by atoms with Crippen molar-refractivity contribution in [2.45, 2.75) is 38.4 Å². The average Bonchev–Trinajstić information content (AvgIpc) is 2.46. The molecule has 1 aromatic carbocycles. The summed E-state index contributed by atoms with van der Waals surface area (Å²) in [6, 6.07) is 8.93. The Hall–Kier alpha value is -1.77. The summed E-state index contributed by atoms with van der Waals surface area (Å²) in [4.78, 5) is 13.6. The van der Waals surface area contributed by atoms with Gasteiger partial charge in [-0.15, -0.1) is 0 Å². The monoisotopic (exact) mass is 336 g/mol. The summed E-state index contributed by atoms with van der Waals surface area (Å²) in [5, 5.41) is 21.0. The molecule has 2 atom stereocenters. The number of amides is 1. The summed E-state index contributed by atoms with van der Waals surface area (Å²) in [6.07, 6.45) is -0.192. The van der Waals surface area contributed by atoms with Crippen LogP contribution < -0.4 is 0 Å². The van der Waals surface area contributed by atoms with Crippen molar-refractivity contribution in [2.24, 2.45) is 5.92 Å². The van der Waals surface area contributed by atoms with Crippen molar-refractivity contribution < 1.29 is 14.6 Å². The van der Waals surface area contributed by atoms with E-state index in [1.807, 2.05) is 0 Å². The third kappa shape index (κ3) is 3.95. The van der Waals surface area contributed by atoms with Gasteiger partial charge in [-0.25, -0.2) is 4.79 Å². The number of benzene rings is 1. The first-order chi connectivity index (χ1) is 10.7. The van der Waals surface area contributed by atoms with Crippen LogP contribution in [-0.2, 0) is 10.3 Å². The van der Waals surface area contributed by atoms with Crippen molar-refractivity contribution in [1.82, 2.24) is 4.90 Å². The minimum absolute atomic E-state index is 0.130. The molecule has 0 bridgehead atoms. The number of nitrogens with zero attached hydrogens (tertiary/aromatic N) is 2. The predicted molar refractivity (Wildman–Crippen MR) is 86.9 cm³/mol. The Morgan fingerprint density at radius 2 is 2.04 bits per heavy atom. The second-order valence-electron chi connectivity index (χ2n) is 6.79. The molecule has 5 nitrogen and oxygen atoms in total. The molecule has 23 heavy (non-hydrogen) atoms. The fourth-order valence-corrected chi connectivity index (χ4v) is 2.79. The van der Waals surface area contributed by atoms with Gasteiger partial charge in [0.15, 0.2) is 0 Å². The molecule has 6 heteroatoms. The maximum absolute atomic E-state index is 12.2. The molecule has 1 saturated heterocycles. The maximum Gasteiger partial charge on any atom is 0.410 e. The van der Waals surface area contributed by atoms with Crippen LogP contribution in [0.25, 0.3) is 0 Å². The SMILES string of the molecule is CC(C)(C)OC(=O)N1CCC(O)(c2ccc(Cl)cc2)C(C#N)C1. The summed E-state index contributed by atoms with van der Waals surface area (Å²) in [6.45, 7) is 5.83. The van der Waals surface area contributed by atoms with Crippen LogP contribution in [0.4, 0.5) is 4.79 Å². The van der Waals surface area contributed by atoms with E-state index in [2.05, 4.69) is 6.07 Å². The predicted octanol–water partition coefficient (Wildman–Crippen LogP) is 3.31. The van der Waals surface area contributed by atoms with Crippen LogP contribution in [0.1, 0.15) is 32.8 Å². The molecule has 2 rings (SSSR count). The second-order valence-corrected chi connectivity index (χ2v) is 7.23. The molecule has 124 valence electrons. The van der Waals surface area contributed by atoms with Crippen LogP contribution >= 0.6 is 11.6 Å². The lowest BCUT2D eigenvalue weighted by atomic mass is 9.77. The minimum Gasteiger partial charge on any atom is -0.444 e. The largest absolute Gasteiger partial charge is 0.444 e. The molecule has 2 unspecified atom stereocenters. The van der Waals surface area contributed by atoms with Crippen LogP contribution in [0.3, 0.4) is 0 Å². The van der Waals surface area contributed by atoms with Crippen molar-refractivity contribution in [1.29, 1.82) is 5.26 Å². The second kappa shape index (κ2) is 6.38. The molecule has 1 N–H and O–H groups in total. The van der Waals surface area contributed by atoms with Crippen LogP contribution in [-0.4, -0.2) is 34.8 Å². The molecule has 0 saturated carbocycles. The zero-order valence-electron chi connectivity index (χ0n) is 13.5. The molecule has 0 aromatic heterocycles. The number of carbonyl (C=O) groups is 1. The fourth-order valence-electron chi connectivity index (χ4n) is 2.67. The lowest BCUT2D eigenvalue weighted by molar-refractivity contribution is -0.0611. The van der Waals surface area contributed by atoms with Gasteiger partial charge in [0.2, 0.25) is 0 Å². The number of carbonyl (C=O) groups excluding carboxylic acids is 1. The number of aliphatic hydroxyl groups is 1. The molecular weight excluding hydrogens is 316 g/mol. The number of likely N-dealkylation sites (tertiary alicyclic amines) is 1. The summed E-state index contributed by atoms with van der Waals surface area (Å²) in [7, 11) is 0. The third-order valence-corrected chi connectivity index (χ3v) is 4.15. The quantitative estimate of drug-likeness (QED) is 0.853. The summed E-state index contributed by atoms with van der Waals surface area (Å²) in [5.41, 5.74) is -1.25. The van der Waals surface area contributed by atoms with Gasteiger partial charge in [-0.05, 0) is 44.9 Å². The number of ether oxygens (including phenoxy) is 1. The molecular formula is C17H21ClN2O3. The Morgan fingerprint density at radius 3 is 2.57 bits per heavy atom. The zero-order valence-corrected chi connectivity index (χ0v) is 14.3. The molecule has 0 spiro atoms. The lowest BCUT2D eigenvalue weighted by Crippen LogP contribution is -2.52. The van der Waals surface area contributed by atoms with Crippen molar-refractivity contribution in [3.8, 4) is 6.07 Å². The van der Waals surface area contributed by atoms with E-state index in [4.69, 9.17) is 16.3 Å². The highest BCUT2D eigenvalue weighted by Gasteiger charge is 2.45. The number of piperidine rings is 1. The van der Waals surface area contributed by atoms with Gasteiger partial charge in [-0.1, -0.05) is 23.7 Å². The minimum atomic E-state index is -1.29. The maximum atomic E-state index is 12.2. The Morgan fingerprint density at radius 1 is 1.43 bits per heavy atom. The van der Waals surface area contributed by atoms with Crippen molar-refractivity contribution in [2.75, 3.05) is 13.1 Å². The Kier molecular flexibility index (Phi) is 4.88. The van der Waals surface area contributed by atoms with Crippen LogP contribution in [0, 0.1) is 17.2 Å². The van der Waals surface area contributed by atoms with Gasteiger partial charge in [-0.3, -0.25) is 0 Å². The van der Waals surface area contributed by atoms with Crippen LogP contribution in [0.15, 0.2) is 24.3 Å². The van der Waals surface area contributed by atoms with Crippen LogP contribution in [0.5, 0.6) is 0 Å². The number of halogens is 1. The topological polar surface area (TPSA) is 73.6 Å². The van der Waals surface area contributed by atoms with E-state index in [0.717, 1.165) is 0 Å². The van der Waals surface area contributed by atoms with E-state index < -0.39 is 23.2 Å². The highest BCUT2D eigenvalue weighted by molar-refractivity contribution is 6.30. The van der Waals surface area contributed by atoms with E-state index in [1.165, 1.54) is 4.90 Å². The van der Waals surface area contributed by atoms with E-state index in [-0.39, 0.29) is 13.0 Å². The normalized spacial score (nSPS) is 24.9. The first-order valence-corrected chi connectivity index (χ1v) is 7.89. The summed E-state index contributed by atoms with van der Waals surface area (Å²) < 4.78 is 5.34. The van der Waals surface area contributed by atoms with Gasteiger partial charge in [0.25, 0.3) is 0 Å². The Labute approximate surface area is 141 Å². The highest BCUT2D eigenvalue weighted by atomic mass is 35.5.